The highest BCUT2D eigenvalue weighted by Crippen LogP contribution is 2.58. The zero-order valence-electron chi connectivity index (χ0n) is 27.1. The summed E-state index contributed by atoms with van der Waals surface area (Å²) >= 11 is 0. The molecular formula is C37H40N4O6. The number of nitrogens with zero attached hydrogens (tertiary/aromatic N) is 4. The van der Waals surface area contributed by atoms with Crippen molar-refractivity contribution in [2.45, 2.75) is 58.4 Å². The predicted molar refractivity (Wildman–Crippen MR) is 175 cm³/mol. The van der Waals surface area contributed by atoms with Gasteiger partial charge < -0.3 is 14.4 Å². The van der Waals surface area contributed by atoms with Crippen LogP contribution in [0.1, 0.15) is 52.0 Å². The fraction of sp³-hybridized carbons (Fsp3) is 0.432. The summed E-state index contributed by atoms with van der Waals surface area (Å²) in [6.07, 6.45) is 3.83. The molecule has 1 saturated carbocycles. The van der Waals surface area contributed by atoms with Crippen molar-refractivity contribution in [3.8, 4) is 0 Å². The van der Waals surface area contributed by atoms with Gasteiger partial charge in [-0.05, 0) is 68.7 Å². The van der Waals surface area contributed by atoms with E-state index in [4.69, 9.17) is 14.5 Å². The van der Waals surface area contributed by atoms with E-state index < -0.39 is 35.5 Å². The number of ether oxygens (including phenoxy) is 2. The second-order valence-corrected chi connectivity index (χ2v) is 12.9. The number of anilines is 1. The number of carbonyl (C=O) groups excluding carboxylic acids is 4. The van der Waals surface area contributed by atoms with Crippen LogP contribution in [0.25, 0.3) is 0 Å². The Morgan fingerprint density at radius 3 is 2.30 bits per heavy atom. The number of carbonyl (C=O) groups is 4. The molecule has 0 aromatic heterocycles. The number of aliphatic imine (C=N–C) groups is 1. The quantitative estimate of drug-likeness (QED) is 0.308. The van der Waals surface area contributed by atoms with Crippen LogP contribution in [-0.2, 0) is 25.5 Å². The number of amides is 4. The van der Waals surface area contributed by atoms with E-state index in [-0.39, 0.29) is 30.0 Å². The molecule has 2 aromatic carbocycles. The van der Waals surface area contributed by atoms with Crippen molar-refractivity contribution in [1.29, 1.82) is 0 Å². The van der Waals surface area contributed by atoms with E-state index in [2.05, 4.69) is 0 Å². The fourth-order valence-electron chi connectivity index (χ4n) is 7.86. The zero-order chi connectivity index (χ0) is 32.9. The highest BCUT2D eigenvalue weighted by Gasteiger charge is 2.70. The minimum atomic E-state index is -1.36. The lowest BCUT2D eigenvalue weighted by Crippen LogP contribution is -2.63. The number of cyclic esters (lactones) is 1. The molecule has 2 aromatic rings. The molecule has 0 bridgehead atoms. The smallest absolute Gasteiger partial charge is 0.393 e. The van der Waals surface area contributed by atoms with E-state index >= 15 is 0 Å². The van der Waals surface area contributed by atoms with Crippen LogP contribution in [0.15, 0.2) is 88.8 Å². The molecule has 10 nitrogen and oxygen atoms in total. The largest absolute Gasteiger partial charge is 0.424 e. The molecule has 7 rings (SSSR count). The molecule has 0 radical (unpaired) electrons. The predicted octanol–water partition coefficient (Wildman–Crippen LogP) is 6.09. The van der Waals surface area contributed by atoms with Gasteiger partial charge in [0, 0.05) is 37.5 Å². The maximum Gasteiger partial charge on any atom is 0.424 e. The number of imide groups is 1. The number of benzene rings is 2. The van der Waals surface area contributed by atoms with Crippen molar-refractivity contribution < 1.29 is 28.7 Å². The third-order valence-corrected chi connectivity index (χ3v) is 10.3. The van der Waals surface area contributed by atoms with Crippen LogP contribution in [-0.4, -0.2) is 64.9 Å². The van der Waals surface area contributed by atoms with Gasteiger partial charge in [0.05, 0.1) is 17.5 Å². The van der Waals surface area contributed by atoms with Gasteiger partial charge in [0.15, 0.2) is 0 Å². The van der Waals surface area contributed by atoms with Gasteiger partial charge in [-0.1, -0.05) is 61.5 Å². The van der Waals surface area contributed by atoms with Gasteiger partial charge in [0.2, 0.25) is 23.6 Å². The van der Waals surface area contributed by atoms with Crippen molar-refractivity contribution in [3.63, 3.8) is 0 Å². The second-order valence-electron chi connectivity index (χ2n) is 12.9. The van der Waals surface area contributed by atoms with Crippen molar-refractivity contribution in [2.75, 3.05) is 24.5 Å². The molecule has 5 aliphatic rings. The molecule has 4 atom stereocenters. The van der Waals surface area contributed by atoms with Crippen molar-refractivity contribution >= 4 is 35.6 Å². The van der Waals surface area contributed by atoms with E-state index in [1.165, 1.54) is 9.80 Å². The van der Waals surface area contributed by atoms with Crippen LogP contribution in [0.5, 0.6) is 0 Å². The first kappa shape index (κ1) is 30.9. The second kappa shape index (κ2) is 12.1. The van der Waals surface area contributed by atoms with Gasteiger partial charge in [-0.2, -0.15) is 0 Å². The van der Waals surface area contributed by atoms with Gasteiger partial charge >= 0.3 is 12.2 Å². The topological polar surface area (TPSA) is 109 Å². The average molecular weight is 637 g/mol. The van der Waals surface area contributed by atoms with Crippen LogP contribution in [0.3, 0.4) is 0 Å². The van der Waals surface area contributed by atoms with Crippen LogP contribution in [0.2, 0.25) is 0 Å². The van der Waals surface area contributed by atoms with Crippen molar-refractivity contribution in [1.82, 2.24) is 9.80 Å². The number of hydrogen-bond donors (Lipinski definition) is 0. The first-order valence-electron chi connectivity index (χ1n) is 16.8. The van der Waals surface area contributed by atoms with E-state index in [1.54, 1.807) is 29.2 Å². The van der Waals surface area contributed by atoms with Crippen molar-refractivity contribution in [3.05, 3.63) is 89.3 Å². The third-order valence-electron chi connectivity index (χ3n) is 10.3. The number of fused-ring (bicyclic) bond motifs is 5. The third kappa shape index (κ3) is 4.96. The monoisotopic (exact) mass is 636 g/mol. The Morgan fingerprint density at radius 1 is 0.979 bits per heavy atom. The molecule has 3 fully saturated rings. The molecule has 3 unspecified atom stereocenters. The number of allylic oxidation sites excluding steroid dienone is 2. The Bertz CT molecular complexity index is 1690. The van der Waals surface area contributed by atoms with Crippen LogP contribution in [0.4, 0.5) is 15.3 Å². The highest BCUT2D eigenvalue weighted by molar-refractivity contribution is 6.23. The fourth-order valence-corrected chi connectivity index (χ4v) is 7.86. The van der Waals surface area contributed by atoms with E-state index in [9.17, 15) is 19.2 Å². The van der Waals surface area contributed by atoms with Gasteiger partial charge in [-0.15, -0.1) is 0 Å². The first-order chi connectivity index (χ1) is 22.8. The highest BCUT2D eigenvalue weighted by atomic mass is 16.6. The Hall–Kier alpha value is -4.73. The number of hydrogen-bond acceptors (Lipinski definition) is 7. The van der Waals surface area contributed by atoms with Crippen LogP contribution < -0.4 is 4.90 Å². The van der Waals surface area contributed by atoms with Gasteiger partial charge in [0.1, 0.15) is 5.54 Å². The van der Waals surface area contributed by atoms with Crippen LogP contribution in [0, 0.1) is 23.7 Å². The van der Waals surface area contributed by atoms with E-state index in [1.807, 2.05) is 63.2 Å². The summed E-state index contributed by atoms with van der Waals surface area (Å²) in [5, 5.41) is 0. The molecule has 0 N–H and O–H groups in total. The molecule has 4 amide bonds. The molecule has 2 aliphatic carbocycles. The summed E-state index contributed by atoms with van der Waals surface area (Å²) in [5.74, 6) is -1.96. The molecule has 3 aliphatic heterocycles. The van der Waals surface area contributed by atoms with Gasteiger partial charge in [-0.3, -0.25) is 19.5 Å². The average Bonchev–Trinajstić information content (AvgIpc) is 3.82. The summed E-state index contributed by atoms with van der Waals surface area (Å²) in [4.78, 5) is 65.8. The Morgan fingerprint density at radius 2 is 1.66 bits per heavy atom. The lowest BCUT2D eigenvalue weighted by atomic mass is 9.59. The summed E-state index contributed by atoms with van der Waals surface area (Å²) in [6.45, 7) is 7.02. The standard InChI is InChI=1S/C37H40N4O6/c1-4-26-27-19-20-28-29(32(43)40(31(28)42)25-15-11-8-12-16-25)30(27)37(21-23-13-9-7-10-14-23)34(38-22-24-17-18-24)47-36(45)41(37)33(26)46-35(44)39(5-2)6-3/h7-16,19,24,28-30H,4-6,17-18,20-22H2,1-3H3/t28?,29?,30?,37-/m0/s1. The maximum absolute atomic E-state index is 14.7. The molecule has 47 heavy (non-hydrogen) atoms. The van der Waals surface area contributed by atoms with Gasteiger partial charge in [0.25, 0.3) is 0 Å². The Labute approximate surface area is 274 Å². The van der Waals surface area contributed by atoms with Gasteiger partial charge in [-0.25, -0.2) is 14.5 Å². The number of para-hydroxylation sites is 1. The summed E-state index contributed by atoms with van der Waals surface area (Å²) < 4.78 is 12.3. The van der Waals surface area contributed by atoms with E-state index in [0.29, 0.717) is 49.7 Å². The summed E-state index contributed by atoms with van der Waals surface area (Å²) in [6, 6.07) is 18.7. The zero-order valence-corrected chi connectivity index (χ0v) is 27.1. The summed E-state index contributed by atoms with van der Waals surface area (Å²) in [5.41, 5.74) is 1.50. The molecular weight excluding hydrogens is 596 g/mol. The minimum absolute atomic E-state index is 0.111. The van der Waals surface area contributed by atoms with E-state index in [0.717, 1.165) is 24.0 Å². The lowest BCUT2D eigenvalue weighted by molar-refractivity contribution is -0.123. The first-order valence-corrected chi connectivity index (χ1v) is 16.8. The molecule has 0 spiro atoms. The normalized spacial score (nSPS) is 27.4. The maximum atomic E-state index is 14.7. The molecule has 3 heterocycles. The molecule has 2 saturated heterocycles. The SMILES string of the molecule is CCC1=C(OC(=O)N(CC)CC)N2C(=O)OC(=NCC3CC3)[C@]2(Cc2ccccc2)C2C1=CCC1C(=O)N(c3ccccc3)C(=O)C12. The Balaban J connectivity index is 1.47. The molecule has 10 heteroatoms. The Kier molecular flexibility index (Phi) is 7.98. The minimum Gasteiger partial charge on any atom is -0.393 e. The van der Waals surface area contributed by atoms with Crippen molar-refractivity contribution in [2.24, 2.45) is 28.7 Å². The lowest BCUT2D eigenvalue weighted by Gasteiger charge is -2.51. The van der Waals surface area contributed by atoms with Crippen LogP contribution >= 0.6 is 0 Å². The summed E-state index contributed by atoms with van der Waals surface area (Å²) in [7, 11) is 0. The molecule has 244 valence electrons. The number of rotatable bonds is 9.